The van der Waals surface area contributed by atoms with Crippen molar-refractivity contribution >= 4 is 0 Å². The standard InChI is InChI=1S/2C13H10.C7H16.2CH4/c2*1-3-7-12-10(5-1)9-11-6-2-4-8-13(11)12;1-4-7(5-2)6-3;;/h2*1-8H,9H2;7H,4-6H2,1-3H3;2*1H4. The first kappa shape index (κ1) is 28.1. The molecule has 0 bridgehead atoms. The van der Waals surface area contributed by atoms with Crippen LogP contribution in [0.15, 0.2) is 97.1 Å². The van der Waals surface area contributed by atoms with Crippen LogP contribution in [0.5, 0.6) is 0 Å². The summed E-state index contributed by atoms with van der Waals surface area (Å²) in [6, 6.07) is 34.6. The Morgan fingerprint density at radius 1 is 0.429 bits per heavy atom. The molecule has 0 aromatic heterocycles. The average Bonchev–Trinajstić information content (AvgIpc) is 3.44. The lowest BCUT2D eigenvalue weighted by Gasteiger charge is -2.05. The molecule has 0 unspecified atom stereocenters. The molecule has 0 heterocycles. The molecule has 2 aliphatic rings. The van der Waals surface area contributed by atoms with Crippen LogP contribution in [0.25, 0.3) is 22.3 Å². The molecule has 0 aliphatic heterocycles. The number of hydrogen-bond acceptors (Lipinski definition) is 0. The van der Waals surface area contributed by atoms with Crippen LogP contribution in [0.4, 0.5) is 0 Å². The Morgan fingerprint density at radius 3 is 0.857 bits per heavy atom. The molecule has 0 heteroatoms. The first-order valence-electron chi connectivity index (χ1n) is 12.6. The van der Waals surface area contributed by atoms with Crippen molar-refractivity contribution in [1.29, 1.82) is 0 Å². The van der Waals surface area contributed by atoms with Gasteiger partial charge in [0.05, 0.1) is 0 Å². The lowest BCUT2D eigenvalue weighted by molar-refractivity contribution is 0.477. The quantitative estimate of drug-likeness (QED) is 0.244. The second-order valence-corrected chi connectivity index (χ2v) is 9.07. The fourth-order valence-electron chi connectivity index (χ4n) is 5.03. The Morgan fingerprint density at radius 2 is 0.657 bits per heavy atom. The zero-order chi connectivity index (χ0) is 23.0. The van der Waals surface area contributed by atoms with Gasteiger partial charge in [0, 0.05) is 0 Å². The Hall–Kier alpha value is -3.12. The molecule has 0 nitrogen and oxygen atoms in total. The highest BCUT2D eigenvalue weighted by Gasteiger charge is 2.16. The van der Waals surface area contributed by atoms with Crippen molar-refractivity contribution in [3.63, 3.8) is 0 Å². The van der Waals surface area contributed by atoms with Gasteiger partial charge in [-0.05, 0) is 63.3 Å². The second-order valence-electron chi connectivity index (χ2n) is 9.07. The Kier molecular flexibility index (Phi) is 11.0. The summed E-state index contributed by atoms with van der Waals surface area (Å²) in [5.41, 5.74) is 11.5. The number of rotatable bonds is 3. The van der Waals surface area contributed by atoms with Gasteiger partial charge in [0.15, 0.2) is 0 Å². The fourth-order valence-corrected chi connectivity index (χ4v) is 5.03. The van der Waals surface area contributed by atoms with Gasteiger partial charge in [-0.25, -0.2) is 0 Å². The van der Waals surface area contributed by atoms with E-state index in [2.05, 4.69) is 118 Å². The van der Waals surface area contributed by atoms with Crippen LogP contribution in [0.2, 0.25) is 0 Å². The molecule has 0 atom stereocenters. The lowest BCUT2D eigenvalue weighted by atomic mass is 10.0. The summed E-state index contributed by atoms with van der Waals surface area (Å²) >= 11 is 0. The van der Waals surface area contributed by atoms with Gasteiger partial charge in [0.25, 0.3) is 0 Å². The van der Waals surface area contributed by atoms with Crippen molar-refractivity contribution in [3.05, 3.63) is 119 Å². The predicted molar refractivity (Wildman–Crippen MR) is 157 cm³/mol. The first-order valence-corrected chi connectivity index (χ1v) is 12.6. The Balaban J connectivity index is 0.000000189. The molecule has 2 aliphatic carbocycles. The van der Waals surface area contributed by atoms with E-state index < -0.39 is 0 Å². The van der Waals surface area contributed by atoms with Gasteiger partial charge in [-0.1, -0.05) is 152 Å². The van der Waals surface area contributed by atoms with Crippen molar-refractivity contribution in [2.24, 2.45) is 5.92 Å². The van der Waals surface area contributed by atoms with Crippen molar-refractivity contribution in [3.8, 4) is 22.3 Å². The lowest BCUT2D eigenvalue weighted by Crippen LogP contribution is -1.91. The third kappa shape index (κ3) is 6.51. The van der Waals surface area contributed by atoms with Gasteiger partial charge in [-0.15, -0.1) is 0 Å². The molecule has 0 amide bonds. The summed E-state index contributed by atoms with van der Waals surface area (Å²) in [7, 11) is 0. The number of benzene rings is 4. The molecule has 6 rings (SSSR count). The molecular weight excluding hydrogens is 420 g/mol. The maximum absolute atomic E-state index is 2.26. The molecule has 0 radical (unpaired) electrons. The summed E-state index contributed by atoms with van der Waals surface area (Å²) in [6.45, 7) is 6.78. The van der Waals surface area contributed by atoms with E-state index in [1.54, 1.807) is 0 Å². The number of hydrogen-bond donors (Lipinski definition) is 0. The first-order chi connectivity index (χ1) is 16.2. The average molecular weight is 465 g/mol. The van der Waals surface area contributed by atoms with Gasteiger partial charge in [-0.3, -0.25) is 0 Å². The Labute approximate surface area is 215 Å². The van der Waals surface area contributed by atoms with E-state index in [0.717, 1.165) is 18.8 Å². The third-order valence-corrected chi connectivity index (χ3v) is 7.14. The van der Waals surface area contributed by atoms with Crippen molar-refractivity contribution in [2.45, 2.75) is 67.7 Å². The summed E-state index contributed by atoms with van der Waals surface area (Å²) in [6.07, 6.45) is 6.27. The van der Waals surface area contributed by atoms with Crippen LogP contribution in [-0.2, 0) is 12.8 Å². The highest BCUT2D eigenvalue weighted by molar-refractivity contribution is 5.77. The second kappa shape index (κ2) is 13.7. The van der Waals surface area contributed by atoms with Crippen LogP contribution in [-0.4, -0.2) is 0 Å². The molecule has 0 saturated heterocycles. The highest BCUT2D eigenvalue weighted by Crippen LogP contribution is 2.36. The van der Waals surface area contributed by atoms with E-state index >= 15 is 0 Å². The molecular formula is C35H44. The SMILES string of the molecule is C.C.CCC(CC)CC.c1ccc2c(c1)Cc1ccccc1-2.c1ccc2c(c1)Cc1ccccc1-2. The maximum atomic E-state index is 2.26. The molecule has 184 valence electrons. The molecule has 35 heavy (non-hydrogen) atoms. The van der Waals surface area contributed by atoms with E-state index in [1.165, 1.54) is 63.8 Å². The monoisotopic (exact) mass is 464 g/mol. The minimum absolute atomic E-state index is 0. The van der Waals surface area contributed by atoms with Crippen molar-refractivity contribution in [1.82, 2.24) is 0 Å². The molecule has 0 saturated carbocycles. The van der Waals surface area contributed by atoms with E-state index in [9.17, 15) is 0 Å². The van der Waals surface area contributed by atoms with Crippen LogP contribution in [0.3, 0.4) is 0 Å². The van der Waals surface area contributed by atoms with Crippen LogP contribution < -0.4 is 0 Å². The van der Waals surface area contributed by atoms with Gasteiger partial charge in [0.1, 0.15) is 0 Å². The fraction of sp³-hybridized carbons (Fsp3) is 0.314. The van der Waals surface area contributed by atoms with E-state index in [1.807, 2.05) is 0 Å². The molecule has 4 aromatic carbocycles. The van der Waals surface area contributed by atoms with Gasteiger partial charge < -0.3 is 0 Å². The summed E-state index contributed by atoms with van der Waals surface area (Å²) in [5.74, 6) is 0.986. The number of fused-ring (bicyclic) bond motifs is 6. The minimum atomic E-state index is 0. The molecule has 0 fully saturated rings. The largest absolute Gasteiger partial charge is 0.0776 e. The van der Waals surface area contributed by atoms with Crippen LogP contribution in [0, 0.1) is 5.92 Å². The minimum Gasteiger partial charge on any atom is -0.0776 e. The normalized spacial score (nSPS) is 11.2. The highest BCUT2D eigenvalue weighted by atomic mass is 14.2. The van der Waals surface area contributed by atoms with Crippen LogP contribution >= 0.6 is 0 Å². The molecule has 0 N–H and O–H groups in total. The summed E-state index contributed by atoms with van der Waals surface area (Å²) < 4.78 is 0. The maximum Gasteiger partial charge on any atom is -0.00135 e. The Bertz CT molecular complexity index is 998. The van der Waals surface area contributed by atoms with Gasteiger partial charge in [-0.2, -0.15) is 0 Å². The van der Waals surface area contributed by atoms with Crippen molar-refractivity contribution < 1.29 is 0 Å². The van der Waals surface area contributed by atoms with E-state index in [4.69, 9.17) is 0 Å². The van der Waals surface area contributed by atoms with E-state index in [-0.39, 0.29) is 14.9 Å². The van der Waals surface area contributed by atoms with Crippen LogP contribution in [0.1, 0.15) is 77.1 Å². The predicted octanol–water partition coefficient (Wildman–Crippen LogP) is 10.6. The molecule has 4 aromatic rings. The smallest absolute Gasteiger partial charge is 0.00135 e. The van der Waals surface area contributed by atoms with Gasteiger partial charge >= 0.3 is 0 Å². The van der Waals surface area contributed by atoms with E-state index in [0.29, 0.717) is 0 Å². The van der Waals surface area contributed by atoms with Gasteiger partial charge in [0.2, 0.25) is 0 Å². The topological polar surface area (TPSA) is 0 Å². The summed E-state index contributed by atoms with van der Waals surface area (Å²) in [5, 5.41) is 0. The third-order valence-electron chi connectivity index (χ3n) is 7.14. The summed E-state index contributed by atoms with van der Waals surface area (Å²) in [4.78, 5) is 0. The molecule has 0 spiro atoms. The van der Waals surface area contributed by atoms with Crippen molar-refractivity contribution in [2.75, 3.05) is 0 Å². The zero-order valence-electron chi connectivity index (χ0n) is 20.4. The zero-order valence-corrected chi connectivity index (χ0v) is 20.4.